The summed E-state index contributed by atoms with van der Waals surface area (Å²) in [6.45, 7) is 2.34. The zero-order chi connectivity index (χ0) is 21.3. The van der Waals surface area contributed by atoms with E-state index in [9.17, 15) is 9.59 Å². The van der Waals surface area contributed by atoms with Crippen LogP contribution >= 0.6 is 11.8 Å². The molecule has 0 bridgehead atoms. The Morgan fingerprint density at radius 2 is 1.87 bits per heavy atom. The maximum Gasteiger partial charge on any atom is 0.340 e. The van der Waals surface area contributed by atoms with Gasteiger partial charge in [-0.15, -0.1) is 0 Å². The van der Waals surface area contributed by atoms with Crippen LogP contribution in [0.25, 0.3) is 0 Å². The normalized spacial score (nSPS) is 10.5. The van der Waals surface area contributed by atoms with Gasteiger partial charge in [0, 0.05) is 19.4 Å². The van der Waals surface area contributed by atoms with E-state index in [0.29, 0.717) is 11.3 Å². The quantitative estimate of drug-likeness (QED) is 0.320. The molecule has 0 spiro atoms. The molecule has 3 rings (SSSR count). The molecule has 0 aliphatic heterocycles. The maximum atomic E-state index is 12.4. The van der Waals surface area contributed by atoms with Gasteiger partial charge in [0.15, 0.2) is 5.16 Å². The van der Waals surface area contributed by atoms with Crippen LogP contribution in [0.4, 0.5) is 5.69 Å². The van der Waals surface area contributed by atoms with E-state index in [-0.39, 0.29) is 24.9 Å². The molecule has 0 atom stereocenters. The van der Waals surface area contributed by atoms with Crippen molar-refractivity contribution in [3.8, 4) is 5.75 Å². The van der Waals surface area contributed by atoms with Crippen molar-refractivity contribution in [1.29, 1.82) is 0 Å². The molecule has 1 amide bonds. The van der Waals surface area contributed by atoms with Crippen molar-refractivity contribution in [2.75, 3.05) is 24.3 Å². The summed E-state index contributed by atoms with van der Waals surface area (Å²) in [4.78, 5) is 28.9. The number of carbonyl (C=O) groups excluding carboxylic acids is 2. The second kappa shape index (κ2) is 10.5. The number of thioether (sulfide) groups is 1. The first-order valence-electron chi connectivity index (χ1n) is 9.38. The number of rotatable bonds is 9. The van der Waals surface area contributed by atoms with Gasteiger partial charge in [0.2, 0.25) is 5.91 Å². The van der Waals surface area contributed by atoms with Crippen molar-refractivity contribution in [2.24, 2.45) is 7.05 Å². The molecule has 0 saturated heterocycles. The van der Waals surface area contributed by atoms with E-state index >= 15 is 0 Å². The van der Waals surface area contributed by atoms with E-state index in [2.05, 4.69) is 10.3 Å². The third-order valence-electron chi connectivity index (χ3n) is 4.14. The molecule has 8 heteroatoms. The van der Waals surface area contributed by atoms with Gasteiger partial charge in [-0.05, 0) is 31.2 Å². The summed E-state index contributed by atoms with van der Waals surface area (Å²) in [5.41, 5.74) is 1.85. The van der Waals surface area contributed by atoms with Crippen molar-refractivity contribution in [2.45, 2.75) is 12.1 Å². The van der Waals surface area contributed by atoms with Crippen molar-refractivity contribution < 1.29 is 19.1 Å². The Labute approximate surface area is 179 Å². The molecule has 7 nitrogen and oxygen atoms in total. The number of ether oxygens (including phenoxy) is 2. The van der Waals surface area contributed by atoms with E-state index in [1.807, 2.05) is 49.0 Å². The number of hydrogen-bond acceptors (Lipinski definition) is 6. The standard InChI is InChI=1S/C22H23N3O4S/c1-16-7-9-17(10-8-16)28-13-14-29-21(27)18-5-3-4-6-19(18)24-20(26)15-30-22-23-11-12-25(22)2/h3-12H,13-15H2,1-2H3,(H,24,26). The molecule has 2 aromatic carbocycles. The summed E-state index contributed by atoms with van der Waals surface area (Å²) < 4.78 is 12.7. The van der Waals surface area contributed by atoms with Crippen LogP contribution < -0.4 is 10.1 Å². The number of benzene rings is 2. The zero-order valence-corrected chi connectivity index (χ0v) is 17.6. The second-order valence-electron chi connectivity index (χ2n) is 6.50. The Morgan fingerprint density at radius 3 is 2.60 bits per heavy atom. The van der Waals surface area contributed by atoms with E-state index < -0.39 is 5.97 Å². The van der Waals surface area contributed by atoms with Crippen LogP contribution in [-0.2, 0) is 16.6 Å². The average molecular weight is 426 g/mol. The van der Waals surface area contributed by atoms with Gasteiger partial charge in [-0.2, -0.15) is 0 Å². The Balaban J connectivity index is 1.49. The van der Waals surface area contributed by atoms with Crippen molar-refractivity contribution in [3.05, 3.63) is 72.1 Å². The van der Waals surface area contributed by atoms with E-state index in [1.165, 1.54) is 11.8 Å². The van der Waals surface area contributed by atoms with Crippen LogP contribution in [0.1, 0.15) is 15.9 Å². The number of aromatic nitrogens is 2. The van der Waals surface area contributed by atoms with Gasteiger partial charge >= 0.3 is 5.97 Å². The molecule has 1 heterocycles. The summed E-state index contributed by atoms with van der Waals surface area (Å²) in [5, 5.41) is 3.51. The molecular formula is C22H23N3O4S. The number of amides is 1. The molecule has 3 aromatic rings. The first-order valence-corrected chi connectivity index (χ1v) is 10.4. The minimum Gasteiger partial charge on any atom is -0.490 e. The Kier molecular flexibility index (Phi) is 7.51. The van der Waals surface area contributed by atoms with Gasteiger partial charge in [-0.3, -0.25) is 4.79 Å². The summed E-state index contributed by atoms with van der Waals surface area (Å²) >= 11 is 1.32. The highest BCUT2D eigenvalue weighted by atomic mass is 32.2. The maximum absolute atomic E-state index is 12.4. The van der Waals surface area contributed by atoms with Crippen molar-refractivity contribution >= 4 is 29.3 Å². The molecule has 0 aliphatic carbocycles. The molecule has 0 radical (unpaired) electrons. The van der Waals surface area contributed by atoms with Gasteiger partial charge in [0.1, 0.15) is 19.0 Å². The first-order chi connectivity index (χ1) is 14.5. The predicted molar refractivity (Wildman–Crippen MR) is 116 cm³/mol. The number of nitrogens with one attached hydrogen (secondary N) is 1. The number of hydrogen-bond donors (Lipinski definition) is 1. The summed E-state index contributed by atoms with van der Waals surface area (Å²) in [6.07, 6.45) is 3.49. The lowest BCUT2D eigenvalue weighted by Gasteiger charge is -2.11. The van der Waals surface area contributed by atoms with Crippen LogP contribution in [-0.4, -0.2) is 40.4 Å². The predicted octanol–water partition coefficient (Wildman–Crippen LogP) is 3.70. The number of para-hydroxylation sites is 1. The number of carbonyl (C=O) groups is 2. The number of imidazole rings is 1. The highest BCUT2D eigenvalue weighted by Gasteiger charge is 2.15. The molecule has 1 N–H and O–H groups in total. The first kappa shape index (κ1) is 21.4. The number of esters is 1. The molecular weight excluding hydrogens is 402 g/mol. The molecule has 30 heavy (non-hydrogen) atoms. The topological polar surface area (TPSA) is 82.4 Å². The molecule has 156 valence electrons. The van der Waals surface area contributed by atoms with Gasteiger partial charge < -0.3 is 19.4 Å². The largest absolute Gasteiger partial charge is 0.490 e. The Bertz CT molecular complexity index is 1000. The van der Waals surface area contributed by atoms with Crippen LogP contribution in [0.3, 0.4) is 0 Å². The van der Waals surface area contributed by atoms with Crippen LogP contribution in [0.5, 0.6) is 5.75 Å². The van der Waals surface area contributed by atoms with E-state index in [1.54, 1.807) is 30.5 Å². The summed E-state index contributed by atoms with van der Waals surface area (Å²) in [5.74, 6) is 0.147. The van der Waals surface area contributed by atoms with E-state index in [4.69, 9.17) is 9.47 Å². The minimum atomic E-state index is -0.518. The lowest BCUT2D eigenvalue weighted by atomic mass is 10.2. The molecule has 0 fully saturated rings. The van der Waals surface area contributed by atoms with Crippen LogP contribution in [0, 0.1) is 6.92 Å². The van der Waals surface area contributed by atoms with Gasteiger partial charge in [0.05, 0.1) is 17.0 Å². The SMILES string of the molecule is Cc1ccc(OCCOC(=O)c2ccccc2NC(=O)CSc2nccn2C)cc1. The monoisotopic (exact) mass is 425 g/mol. The number of aryl methyl sites for hydroxylation is 2. The third kappa shape index (κ3) is 6.12. The second-order valence-corrected chi connectivity index (χ2v) is 7.44. The Hall–Kier alpha value is -3.26. The Morgan fingerprint density at radius 1 is 1.10 bits per heavy atom. The molecule has 0 saturated carbocycles. The third-order valence-corrected chi connectivity index (χ3v) is 5.19. The van der Waals surface area contributed by atoms with Gasteiger partial charge in [0.25, 0.3) is 0 Å². The average Bonchev–Trinajstić information content (AvgIpc) is 3.16. The smallest absolute Gasteiger partial charge is 0.340 e. The molecule has 0 aliphatic rings. The minimum absolute atomic E-state index is 0.101. The summed E-state index contributed by atoms with van der Waals surface area (Å²) in [7, 11) is 1.86. The highest BCUT2D eigenvalue weighted by molar-refractivity contribution is 7.99. The number of nitrogens with zero attached hydrogens (tertiary/aromatic N) is 2. The zero-order valence-electron chi connectivity index (χ0n) is 16.8. The number of anilines is 1. The van der Waals surface area contributed by atoms with Gasteiger partial charge in [-0.25, -0.2) is 9.78 Å². The fourth-order valence-corrected chi connectivity index (χ4v) is 3.32. The lowest BCUT2D eigenvalue weighted by molar-refractivity contribution is -0.113. The molecule has 0 unspecified atom stereocenters. The van der Waals surface area contributed by atoms with Crippen molar-refractivity contribution in [1.82, 2.24) is 9.55 Å². The highest BCUT2D eigenvalue weighted by Crippen LogP contribution is 2.19. The summed E-state index contributed by atoms with van der Waals surface area (Å²) in [6, 6.07) is 14.4. The van der Waals surface area contributed by atoms with Crippen molar-refractivity contribution in [3.63, 3.8) is 0 Å². The lowest BCUT2D eigenvalue weighted by Crippen LogP contribution is -2.18. The van der Waals surface area contributed by atoms with Crippen LogP contribution in [0.2, 0.25) is 0 Å². The fourth-order valence-electron chi connectivity index (χ4n) is 2.58. The molecule has 1 aromatic heterocycles. The van der Waals surface area contributed by atoms with Crippen LogP contribution in [0.15, 0.2) is 66.1 Å². The fraction of sp³-hybridized carbons (Fsp3) is 0.227. The van der Waals surface area contributed by atoms with E-state index in [0.717, 1.165) is 16.5 Å². The van der Waals surface area contributed by atoms with Gasteiger partial charge in [-0.1, -0.05) is 41.6 Å².